The molecule has 2 rings (SSSR count). The quantitative estimate of drug-likeness (QED) is 0.511. The van der Waals surface area contributed by atoms with Crippen LogP contribution in [0.1, 0.15) is 25.3 Å². The molecule has 0 saturated carbocycles. The maximum atomic E-state index is 3.56. The maximum Gasteiger partial charge on any atom is 3.00 e. The molecule has 16 heavy (non-hydrogen) atoms. The molecule has 0 spiro atoms. The van der Waals surface area contributed by atoms with Crippen molar-refractivity contribution in [1.82, 2.24) is 0 Å². The van der Waals surface area contributed by atoms with Crippen molar-refractivity contribution < 1.29 is 51.0 Å². The number of fused-ring (bicyclic) bond motifs is 1. The SMILES string of the molecule is CC(C)c1cc2c(Br)cccc2[cH-]1.[Cl-].[Cl-].[Zr+3]. The predicted molar refractivity (Wildman–Crippen MR) is 61.3 cm³/mol. The minimum Gasteiger partial charge on any atom is -1.00 e. The van der Waals surface area contributed by atoms with Gasteiger partial charge in [-0.05, 0) is 10.4 Å². The molecule has 2 aromatic rings. The van der Waals surface area contributed by atoms with Crippen LogP contribution in [0.3, 0.4) is 0 Å². The first-order valence-corrected chi connectivity index (χ1v) is 5.32. The Labute approximate surface area is 137 Å². The van der Waals surface area contributed by atoms with Crippen LogP contribution in [-0.2, 0) is 26.2 Å². The summed E-state index contributed by atoms with van der Waals surface area (Å²) in [7, 11) is 0. The van der Waals surface area contributed by atoms with Gasteiger partial charge in [0.1, 0.15) is 0 Å². The molecular formula is C12H12BrCl2Zr. The van der Waals surface area contributed by atoms with E-state index in [4.69, 9.17) is 0 Å². The molecule has 0 atom stereocenters. The van der Waals surface area contributed by atoms with E-state index in [2.05, 4.69) is 60.1 Å². The molecule has 0 bridgehead atoms. The molecule has 0 aliphatic heterocycles. The summed E-state index contributed by atoms with van der Waals surface area (Å²) in [5.74, 6) is 0.610. The molecular weight excluding hydrogens is 386 g/mol. The zero-order chi connectivity index (χ0) is 9.42. The van der Waals surface area contributed by atoms with Crippen LogP contribution >= 0.6 is 15.9 Å². The smallest absolute Gasteiger partial charge is 1.00 e. The van der Waals surface area contributed by atoms with E-state index in [0.717, 1.165) is 0 Å². The third-order valence-electron chi connectivity index (χ3n) is 2.39. The molecule has 0 aliphatic rings. The maximum absolute atomic E-state index is 3.56. The molecule has 4 heteroatoms. The van der Waals surface area contributed by atoms with Gasteiger partial charge in [0.15, 0.2) is 0 Å². The van der Waals surface area contributed by atoms with Crippen LogP contribution in [0, 0.1) is 0 Å². The Morgan fingerprint density at radius 2 is 1.81 bits per heavy atom. The van der Waals surface area contributed by atoms with Gasteiger partial charge in [-0.15, -0.1) is 34.5 Å². The molecule has 1 radical (unpaired) electrons. The molecule has 0 amide bonds. The Morgan fingerprint density at radius 1 is 1.19 bits per heavy atom. The fourth-order valence-electron chi connectivity index (χ4n) is 1.55. The summed E-state index contributed by atoms with van der Waals surface area (Å²) in [5, 5.41) is 2.66. The molecule has 2 aromatic carbocycles. The van der Waals surface area contributed by atoms with E-state index < -0.39 is 0 Å². The third-order valence-corrected chi connectivity index (χ3v) is 3.08. The Bertz CT molecular complexity index is 438. The van der Waals surface area contributed by atoms with Crippen molar-refractivity contribution in [3.05, 3.63) is 40.4 Å². The minimum atomic E-state index is 0. The van der Waals surface area contributed by atoms with Gasteiger partial charge in [-0.3, -0.25) is 0 Å². The largest absolute Gasteiger partial charge is 3.00 e. The Balaban J connectivity index is 0. The Hall–Kier alpha value is 0.773. The normalized spacial score (nSPS) is 9.25. The van der Waals surface area contributed by atoms with Gasteiger partial charge in [0.2, 0.25) is 0 Å². The molecule has 0 fully saturated rings. The summed E-state index contributed by atoms with van der Waals surface area (Å²) >= 11 is 3.56. The summed E-state index contributed by atoms with van der Waals surface area (Å²) < 4.78 is 1.19. The Kier molecular flexibility index (Phi) is 9.53. The summed E-state index contributed by atoms with van der Waals surface area (Å²) in [4.78, 5) is 0. The van der Waals surface area contributed by atoms with Crippen molar-refractivity contribution in [1.29, 1.82) is 0 Å². The van der Waals surface area contributed by atoms with Crippen molar-refractivity contribution in [2.45, 2.75) is 19.8 Å². The van der Waals surface area contributed by atoms with Gasteiger partial charge in [-0.25, -0.2) is 0 Å². The number of benzene rings is 1. The van der Waals surface area contributed by atoms with Crippen LogP contribution in [0.4, 0.5) is 0 Å². The fraction of sp³-hybridized carbons (Fsp3) is 0.250. The Morgan fingerprint density at radius 3 is 2.31 bits per heavy atom. The van der Waals surface area contributed by atoms with E-state index in [1.54, 1.807) is 0 Å². The fourth-order valence-corrected chi connectivity index (χ4v) is 2.05. The zero-order valence-corrected chi connectivity index (χ0v) is 14.7. The summed E-state index contributed by atoms with van der Waals surface area (Å²) in [5.41, 5.74) is 1.42. The molecule has 0 unspecified atom stereocenters. The van der Waals surface area contributed by atoms with Crippen molar-refractivity contribution >= 4 is 26.7 Å². The van der Waals surface area contributed by atoms with E-state index in [-0.39, 0.29) is 51.0 Å². The van der Waals surface area contributed by atoms with Crippen LogP contribution in [-0.4, -0.2) is 0 Å². The summed E-state index contributed by atoms with van der Waals surface area (Å²) in [6.45, 7) is 4.45. The van der Waals surface area contributed by atoms with Gasteiger partial charge < -0.3 is 24.8 Å². The third kappa shape index (κ3) is 3.91. The van der Waals surface area contributed by atoms with Crippen molar-refractivity contribution in [2.24, 2.45) is 0 Å². The first-order chi connectivity index (χ1) is 6.18. The van der Waals surface area contributed by atoms with Gasteiger partial charge in [0, 0.05) is 0 Å². The first kappa shape index (κ1) is 19.1. The summed E-state index contributed by atoms with van der Waals surface area (Å²) in [6, 6.07) is 10.9. The average Bonchev–Trinajstić information content (AvgIpc) is 2.49. The van der Waals surface area contributed by atoms with E-state index in [9.17, 15) is 0 Å². The second kappa shape index (κ2) is 7.98. The standard InChI is InChI=1S/C12H12Br.2ClH.Zr/c1-8(2)10-6-9-4-3-5-12(13)11(9)7-10;;;/h3-8H,1-2H3;2*1H;/q-1;;;+3/p-2. The van der Waals surface area contributed by atoms with E-state index in [1.807, 2.05) is 0 Å². The van der Waals surface area contributed by atoms with E-state index in [0.29, 0.717) is 5.92 Å². The van der Waals surface area contributed by atoms with Crippen LogP contribution in [0.15, 0.2) is 34.8 Å². The van der Waals surface area contributed by atoms with Gasteiger partial charge in [0.05, 0.1) is 0 Å². The molecule has 0 nitrogen and oxygen atoms in total. The molecule has 0 N–H and O–H groups in total. The second-order valence-electron chi connectivity index (χ2n) is 3.69. The van der Waals surface area contributed by atoms with Crippen molar-refractivity contribution in [3.63, 3.8) is 0 Å². The zero-order valence-electron chi connectivity index (χ0n) is 9.10. The van der Waals surface area contributed by atoms with E-state index >= 15 is 0 Å². The van der Waals surface area contributed by atoms with Crippen LogP contribution < -0.4 is 24.8 Å². The average molecular weight is 398 g/mol. The minimum absolute atomic E-state index is 0. The molecule has 0 heterocycles. The first-order valence-electron chi connectivity index (χ1n) is 4.53. The van der Waals surface area contributed by atoms with Crippen LogP contribution in [0.2, 0.25) is 0 Å². The monoisotopic (exact) mass is 395 g/mol. The van der Waals surface area contributed by atoms with Crippen LogP contribution in [0.25, 0.3) is 10.8 Å². The molecule has 85 valence electrons. The predicted octanol–water partition coefficient (Wildman–Crippen LogP) is -1.55. The summed E-state index contributed by atoms with van der Waals surface area (Å²) in [6.07, 6.45) is 0. The molecule has 0 aliphatic carbocycles. The number of rotatable bonds is 1. The van der Waals surface area contributed by atoms with Crippen LogP contribution in [0.5, 0.6) is 0 Å². The van der Waals surface area contributed by atoms with Gasteiger partial charge in [-0.2, -0.15) is 6.07 Å². The number of hydrogen-bond donors (Lipinski definition) is 0. The second-order valence-corrected chi connectivity index (χ2v) is 4.54. The van der Waals surface area contributed by atoms with Gasteiger partial charge in [-0.1, -0.05) is 35.8 Å². The van der Waals surface area contributed by atoms with E-state index in [1.165, 1.54) is 20.8 Å². The molecule has 0 saturated heterocycles. The van der Waals surface area contributed by atoms with Crippen molar-refractivity contribution in [3.8, 4) is 0 Å². The number of halogens is 3. The topological polar surface area (TPSA) is 0 Å². The van der Waals surface area contributed by atoms with Crippen molar-refractivity contribution in [2.75, 3.05) is 0 Å². The molecule has 0 aromatic heterocycles. The van der Waals surface area contributed by atoms with Gasteiger partial charge >= 0.3 is 26.2 Å². The van der Waals surface area contributed by atoms with Gasteiger partial charge in [0.25, 0.3) is 0 Å². The number of hydrogen-bond acceptors (Lipinski definition) is 0.